The number of benzene rings is 2. The van der Waals surface area contributed by atoms with E-state index in [0.717, 1.165) is 0 Å². The number of carbonyl (C=O) groups excluding carboxylic acids is 1. The van der Waals surface area contributed by atoms with Crippen LogP contribution in [0.15, 0.2) is 42.5 Å². The minimum absolute atomic E-state index is 0.0518. The van der Waals surface area contributed by atoms with Gasteiger partial charge in [-0.15, -0.1) is 0 Å². The molecule has 0 saturated heterocycles. The number of hydrogen-bond donors (Lipinski definition) is 2. The molecule has 140 valence electrons. The molecular formula is C18H20F2N2O4. The number of rotatable bonds is 8. The van der Waals surface area contributed by atoms with Crippen LogP contribution in [0.25, 0.3) is 0 Å². The predicted molar refractivity (Wildman–Crippen MR) is 93.1 cm³/mol. The minimum atomic E-state index is -2.94. The van der Waals surface area contributed by atoms with E-state index in [9.17, 15) is 13.6 Å². The lowest BCUT2D eigenvalue weighted by molar-refractivity contribution is -0.0514. The molecule has 6 nitrogen and oxygen atoms in total. The van der Waals surface area contributed by atoms with Crippen LogP contribution in [0.1, 0.15) is 12.5 Å². The van der Waals surface area contributed by atoms with Gasteiger partial charge in [-0.2, -0.15) is 8.78 Å². The Kier molecular flexibility index (Phi) is 7.02. The summed E-state index contributed by atoms with van der Waals surface area (Å²) in [7, 11) is 1.51. The van der Waals surface area contributed by atoms with Crippen molar-refractivity contribution in [3.63, 3.8) is 0 Å². The van der Waals surface area contributed by atoms with E-state index in [4.69, 9.17) is 9.47 Å². The Morgan fingerprint density at radius 3 is 2.58 bits per heavy atom. The smallest absolute Gasteiger partial charge is 0.387 e. The zero-order chi connectivity index (χ0) is 18.9. The van der Waals surface area contributed by atoms with Gasteiger partial charge < -0.3 is 24.8 Å². The van der Waals surface area contributed by atoms with Gasteiger partial charge in [0.1, 0.15) is 5.75 Å². The average molecular weight is 366 g/mol. The maximum atomic E-state index is 12.4. The highest BCUT2D eigenvalue weighted by Gasteiger charge is 2.12. The second-order valence-corrected chi connectivity index (χ2v) is 5.10. The van der Waals surface area contributed by atoms with E-state index in [1.54, 1.807) is 43.3 Å². The lowest BCUT2D eigenvalue weighted by Crippen LogP contribution is -2.28. The zero-order valence-electron chi connectivity index (χ0n) is 14.4. The van der Waals surface area contributed by atoms with Crippen molar-refractivity contribution in [1.29, 1.82) is 0 Å². The Hall–Kier alpha value is -3.03. The molecule has 2 aromatic rings. The molecule has 2 amide bonds. The summed E-state index contributed by atoms with van der Waals surface area (Å²) >= 11 is 0. The van der Waals surface area contributed by atoms with Crippen molar-refractivity contribution < 1.29 is 27.8 Å². The molecule has 0 unspecified atom stereocenters. The number of amides is 2. The molecule has 0 aliphatic carbocycles. The first-order valence-electron chi connectivity index (χ1n) is 7.92. The van der Waals surface area contributed by atoms with Gasteiger partial charge in [-0.1, -0.05) is 18.2 Å². The number of para-hydroxylation sites is 2. The van der Waals surface area contributed by atoms with Crippen LogP contribution in [-0.2, 0) is 6.54 Å². The van der Waals surface area contributed by atoms with Gasteiger partial charge in [0.05, 0.1) is 19.4 Å². The Morgan fingerprint density at radius 1 is 1.12 bits per heavy atom. The molecule has 2 aromatic carbocycles. The van der Waals surface area contributed by atoms with Crippen LogP contribution < -0.4 is 24.8 Å². The van der Waals surface area contributed by atoms with Gasteiger partial charge in [0, 0.05) is 6.54 Å². The van der Waals surface area contributed by atoms with Crippen LogP contribution in [-0.4, -0.2) is 26.4 Å². The molecule has 0 radical (unpaired) electrons. The lowest BCUT2D eigenvalue weighted by atomic mass is 10.2. The third-order valence-corrected chi connectivity index (χ3v) is 3.33. The highest BCUT2D eigenvalue weighted by molar-refractivity contribution is 5.90. The minimum Gasteiger partial charge on any atom is -0.495 e. The SMILES string of the molecule is CCOc1cc(CNC(=O)Nc2ccccc2OC)ccc1OC(F)F. The molecule has 2 N–H and O–H groups in total. The highest BCUT2D eigenvalue weighted by atomic mass is 19.3. The summed E-state index contributed by atoms with van der Waals surface area (Å²) in [4.78, 5) is 12.0. The predicted octanol–water partition coefficient (Wildman–Crippen LogP) is 4.02. The molecule has 26 heavy (non-hydrogen) atoms. The van der Waals surface area contributed by atoms with Crippen molar-refractivity contribution in [3.05, 3.63) is 48.0 Å². The number of ether oxygens (including phenoxy) is 3. The van der Waals surface area contributed by atoms with Gasteiger partial charge in [0.15, 0.2) is 11.5 Å². The number of methoxy groups -OCH3 is 1. The molecular weight excluding hydrogens is 346 g/mol. The molecule has 0 saturated carbocycles. The summed E-state index contributed by atoms with van der Waals surface area (Å²) in [5.41, 5.74) is 1.20. The second kappa shape index (κ2) is 9.45. The first-order chi connectivity index (χ1) is 12.5. The monoisotopic (exact) mass is 366 g/mol. The van der Waals surface area contributed by atoms with Crippen LogP contribution in [0.4, 0.5) is 19.3 Å². The Balaban J connectivity index is 1.99. The number of alkyl halides is 2. The van der Waals surface area contributed by atoms with E-state index >= 15 is 0 Å². The second-order valence-electron chi connectivity index (χ2n) is 5.10. The van der Waals surface area contributed by atoms with E-state index in [0.29, 0.717) is 23.6 Å². The van der Waals surface area contributed by atoms with Crippen molar-refractivity contribution in [2.24, 2.45) is 0 Å². The van der Waals surface area contributed by atoms with Gasteiger partial charge in [0.2, 0.25) is 0 Å². The van der Waals surface area contributed by atoms with Gasteiger partial charge in [-0.3, -0.25) is 0 Å². The summed E-state index contributed by atoms with van der Waals surface area (Å²) in [6.07, 6.45) is 0. The lowest BCUT2D eigenvalue weighted by Gasteiger charge is -2.14. The van der Waals surface area contributed by atoms with E-state index in [1.807, 2.05) is 0 Å². The largest absolute Gasteiger partial charge is 0.495 e. The standard InChI is InChI=1S/C18H20F2N2O4/c1-3-25-16-10-12(8-9-15(16)26-17(19)20)11-21-18(23)22-13-6-4-5-7-14(13)24-2/h4-10,17H,3,11H2,1-2H3,(H2,21,22,23). The van der Waals surface area contributed by atoms with Crippen LogP contribution in [0.5, 0.6) is 17.2 Å². The molecule has 0 aliphatic heterocycles. The third kappa shape index (κ3) is 5.51. The van der Waals surface area contributed by atoms with Crippen LogP contribution in [0.2, 0.25) is 0 Å². The maximum absolute atomic E-state index is 12.4. The topological polar surface area (TPSA) is 68.8 Å². The van der Waals surface area contributed by atoms with Crippen LogP contribution >= 0.6 is 0 Å². The third-order valence-electron chi connectivity index (χ3n) is 3.33. The van der Waals surface area contributed by atoms with Gasteiger partial charge in [0.25, 0.3) is 0 Å². The fraction of sp³-hybridized carbons (Fsp3) is 0.278. The number of urea groups is 1. The molecule has 0 bridgehead atoms. The van der Waals surface area contributed by atoms with Crippen LogP contribution in [0.3, 0.4) is 0 Å². The normalized spacial score (nSPS) is 10.3. The first-order valence-corrected chi connectivity index (χ1v) is 7.92. The Bertz CT molecular complexity index is 741. The number of anilines is 1. The van der Waals surface area contributed by atoms with Gasteiger partial charge in [-0.25, -0.2) is 4.79 Å². The van der Waals surface area contributed by atoms with Crippen molar-refractivity contribution >= 4 is 11.7 Å². The Morgan fingerprint density at radius 2 is 1.88 bits per heavy atom. The Labute approximate surface area is 150 Å². The van der Waals surface area contributed by atoms with E-state index in [1.165, 1.54) is 13.2 Å². The molecule has 2 rings (SSSR count). The van der Waals surface area contributed by atoms with Crippen LogP contribution in [0, 0.1) is 0 Å². The summed E-state index contributed by atoms with van der Waals surface area (Å²) in [6.45, 7) is -0.733. The molecule has 0 atom stereocenters. The number of nitrogens with one attached hydrogen (secondary N) is 2. The quantitative estimate of drug-likeness (QED) is 0.740. The van der Waals surface area contributed by atoms with E-state index in [2.05, 4.69) is 15.4 Å². The first kappa shape index (κ1) is 19.3. The summed E-state index contributed by atoms with van der Waals surface area (Å²) in [5, 5.41) is 5.36. The maximum Gasteiger partial charge on any atom is 0.387 e. The number of hydrogen-bond acceptors (Lipinski definition) is 4. The van der Waals surface area contributed by atoms with Crippen molar-refractivity contribution in [2.75, 3.05) is 19.0 Å². The van der Waals surface area contributed by atoms with Gasteiger partial charge >= 0.3 is 12.6 Å². The summed E-state index contributed by atoms with van der Waals surface area (Å²) < 4.78 is 39.7. The number of halogens is 2. The fourth-order valence-corrected chi connectivity index (χ4v) is 2.22. The summed E-state index contributed by atoms with van der Waals surface area (Å²) in [5.74, 6) is 0.677. The molecule has 0 spiro atoms. The molecule has 0 aliphatic rings. The van der Waals surface area contributed by atoms with Crippen molar-refractivity contribution in [3.8, 4) is 17.2 Å². The zero-order valence-corrected chi connectivity index (χ0v) is 14.4. The molecule has 0 aromatic heterocycles. The van der Waals surface area contributed by atoms with E-state index in [-0.39, 0.29) is 18.0 Å². The van der Waals surface area contributed by atoms with Crippen molar-refractivity contribution in [1.82, 2.24) is 5.32 Å². The molecule has 0 fully saturated rings. The average Bonchev–Trinajstić information content (AvgIpc) is 2.62. The summed E-state index contributed by atoms with van der Waals surface area (Å²) in [6, 6.07) is 11.1. The molecule has 8 heteroatoms. The van der Waals surface area contributed by atoms with Crippen molar-refractivity contribution in [2.45, 2.75) is 20.1 Å². The molecule has 0 heterocycles. The fourth-order valence-electron chi connectivity index (χ4n) is 2.22. The highest BCUT2D eigenvalue weighted by Crippen LogP contribution is 2.30. The van der Waals surface area contributed by atoms with Gasteiger partial charge in [-0.05, 0) is 36.8 Å². The van der Waals surface area contributed by atoms with E-state index < -0.39 is 12.6 Å². The number of carbonyl (C=O) groups is 1.